The summed E-state index contributed by atoms with van der Waals surface area (Å²) in [5.74, 6) is 1.70. The zero-order valence-corrected chi connectivity index (χ0v) is 13.3. The van der Waals surface area contributed by atoms with Crippen LogP contribution in [0.3, 0.4) is 0 Å². The predicted molar refractivity (Wildman–Crippen MR) is 60.9 cm³/mol. The first-order chi connectivity index (χ1) is 6.11. The van der Waals surface area contributed by atoms with Gasteiger partial charge in [0.05, 0.1) is 0 Å². The van der Waals surface area contributed by atoms with E-state index in [0.717, 1.165) is 18.4 Å². The second-order valence-corrected chi connectivity index (χ2v) is 4.37. The zero-order valence-electron chi connectivity index (χ0n) is 10.5. The van der Waals surface area contributed by atoms with Crippen LogP contribution in [0.5, 0.6) is 0 Å². The van der Waals surface area contributed by atoms with Crippen molar-refractivity contribution in [3.63, 3.8) is 0 Å². The maximum Gasteiger partial charge on any atom is 0 e. The molecule has 1 radical (unpaired) electrons. The molecule has 1 saturated heterocycles. The molecule has 1 fully saturated rings. The van der Waals surface area contributed by atoms with Crippen molar-refractivity contribution in [2.45, 2.75) is 53.5 Å². The van der Waals surface area contributed by atoms with Crippen LogP contribution in [0.25, 0.3) is 5.32 Å². The van der Waals surface area contributed by atoms with Gasteiger partial charge in [0.25, 0.3) is 0 Å². The smallest absolute Gasteiger partial charge is 0 e. The molecule has 1 heterocycles. The molecule has 0 spiro atoms. The Bertz CT molecular complexity index is 107. The van der Waals surface area contributed by atoms with Crippen LogP contribution in [0.15, 0.2) is 0 Å². The third-order valence-electron chi connectivity index (χ3n) is 2.55. The van der Waals surface area contributed by atoms with Crippen molar-refractivity contribution in [3.05, 3.63) is 11.7 Å². The van der Waals surface area contributed by atoms with Gasteiger partial charge in [0.1, 0.15) is 0 Å². The van der Waals surface area contributed by atoms with E-state index in [4.69, 9.17) is 0 Å². The number of piperidine rings is 1. The predicted octanol–water partition coefficient (Wildman–Crippen LogP) is 4.04. The molecule has 14 heavy (non-hydrogen) atoms. The van der Waals surface area contributed by atoms with Crippen molar-refractivity contribution in [1.82, 2.24) is 0 Å². The molecule has 0 aliphatic carbocycles. The van der Waals surface area contributed by atoms with Crippen LogP contribution in [-0.4, -0.2) is 12.6 Å². The van der Waals surface area contributed by atoms with Gasteiger partial charge >= 0.3 is 0 Å². The van der Waals surface area contributed by atoms with E-state index in [1.807, 2.05) is 20.3 Å². The normalized spacial score (nSPS) is 26.1. The van der Waals surface area contributed by atoms with Gasteiger partial charge in [-0.05, 0) is 5.92 Å². The Hall–Kier alpha value is 1.06. The first-order valence-electron chi connectivity index (χ1n) is 5.52. The molecule has 0 N–H and O–H groups in total. The van der Waals surface area contributed by atoms with Crippen molar-refractivity contribution in [3.8, 4) is 0 Å². The van der Waals surface area contributed by atoms with Crippen LogP contribution >= 0.6 is 0 Å². The van der Waals surface area contributed by atoms with Crippen LogP contribution in [0, 0.1) is 18.3 Å². The molecule has 0 aromatic rings. The molecule has 0 aromatic carbocycles. The van der Waals surface area contributed by atoms with Crippen LogP contribution in [0.2, 0.25) is 0 Å². The fourth-order valence-electron chi connectivity index (χ4n) is 1.50. The van der Waals surface area contributed by atoms with Crippen LogP contribution in [-0.2, 0) is 32.7 Å². The fourth-order valence-corrected chi connectivity index (χ4v) is 1.50. The van der Waals surface area contributed by atoms with Gasteiger partial charge in [-0.3, -0.25) is 0 Å². The summed E-state index contributed by atoms with van der Waals surface area (Å²) in [5, 5.41) is 4.53. The summed E-state index contributed by atoms with van der Waals surface area (Å²) in [6, 6.07) is 0.634. The van der Waals surface area contributed by atoms with Gasteiger partial charge in [0.2, 0.25) is 0 Å². The van der Waals surface area contributed by atoms with E-state index in [1.165, 1.54) is 12.8 Å². The second kappa shape index (κ2) is 10.6. The number of rotatable bonds is 1. The maximum absolute atomic E-state index is 4.53. The van der Waals surface area contributed by atoms with E-state index in [2.05, 4.69) is 26.1 Å². The van der Waals surface area contributed by atoms with Gasteiger partial charge in [-0.2, -0.15) is 13.8 Å². The monoisotopic (exact) mass is 272 g/mol. The molecule has 83 valence electrons. The van der Waals surface area contributed by atoms with Crippen molar-refractivity contribution in [2.75, 3.05) is 6.54 Å². The molecule has 0 saturated carbocycles. The minimum absolute atomic E-state index is 0. The van der Waals surface area contributed by atoms with E-state index in [1.54, 1.807) is 0 Å². The SMILES string of the molecule is CC(C)[C@@H]1CC[C@H](C)[N-]C1.C[CH-]C.[Y]. The Morgan fingerprint density at radius 3 is 2.00 bits per heavy atom. The first kappa shape index (κ1) is 17.5. The Morgan fingerprint density at radius 1 is 1.21 bits per heavy atom. The molecule has 1 aliphatic rings. The molecule has 0 aromatic heterocycles. The average Bonchev–Trinajstić information content (AvgIpc) is 2.06. The average molecular weight is 272 g/mol. The van der Waals surface area contributed by atoms with E-state index in [-0.39, 0.29) is 32.7 Å². The third-order valence-corrected chi connectivity index (χ3v) is 2.55. The quantitative estimate of drug-likeness (QED) is 0.639. The maximum atomic E-state index is 4.53. The van der Waals surface area contributed by atoms with Crippen molar-refractivity contribution < 1.29 is 32.7 Å². The van der Waals surface area contributed by atoms with E-state index in [0.29, 0.717) is 6.04 Å². The van der Waals surface area contributed by atoms with Gasteiger partial charge in [0.15, 0.2) is 0 Å². The summed E-state index contributed by atoms with van der Waals surface area (Å²) < 4.78 is 0. The van der Waals surface area contributed by atoms with Crippen LogP contribution in [0.4, 0.5) is 0 Å². The van der Waals surface area contributed by atoms with Crippen molar-refractivity contribution in [1.29, 1.82) is 0 Å². The second-order valence-electron chi connectivity index (χ2n) is 4.37. The Morgan fingerprint density at radius 2 is 1.71 bits per heavy atom. The zero-order chi connectivity index (χ0) is 10.3. The van der Waals surface area contributed by atoms with Gasteiger partial charge in [-0.15, -0.1) is 12.6 Å². The largest absolute Gasteiger partial charge is 0.660 e. The van der Waals surface area contributed by atoms with Gasteiger partial charge in [-0.25, -0.2) is 0 Å². The van der Waals surface area contributed by atoms with Gasteiger partial charge in [0, 0.05) is 32.7 Å². The molecule has 1 aliphatic heterocycles. The minimum atomic E-state index is 0. The Balaban J connectivity index is 0. The molecular weight excluding hydrogens is 247 g/mol. The Labute approximate surface area is 116 Å². The van der Waals surface area contributed by atoms with Crippen molar-refractivity contribution >= 4 is 0 Å². The fraction of sp³-hybridized carbons (Fsp3) is 0.917. The summed E-state index contributed by atoms with van der Waals surface area (Å²) >= 11 is 0. The standard InChI is InChI=1S/C9H18N.C3H7.Y/c1-7(2)9-5-4-8(3)10-6-9;1-3-2;/h7-9H,4-6H2,1-3H3;3H,1-2H3;/q2*-1;/t8-,9+;;/m0../s1. The van der Waals surface area contributed by atoms with Crippen LogP contribution < -0.4 is 0 Å². The minimum Gasteiger partial charge on any atom is -0.660 e. The number of hydrogen-bond donors (Lipinski definition) is 0. The molecule has 1 rings (SSSR count). The topological polar surface area (TPSA) is 14.1 Å². The van der Waals surface area contributed by atoms with E-state index in [9.17, 15) is 0 Å². The first-order valence-corrected chi connectivity index (χ1v) is 5.52. The summed E-state index contributed by atoms with van der Waals surface area (Å²) in [5.41, 5.74) is 0. The van der Waals surface area contributed by atoms with Gasteiger partial charge < -0.3 is 11.7 Å². The summed E-state index contributed by atoms with van der Waals surface area (Å²) in [4.78, 5) is 0. The number of nitrogens with zero attached hydrogens (tertiary/aromatic N) is 1. The van der Waals surface area contributed by atoms with E-state index >= 15 is 0 Å². The molecule has 0 unspecified atom stereocenters. The summed E-state index contributed by atoms with van der Waals surface area (Å²) in [6.07, 6.45) is 4.70. The molecule has 0 bridgehead atoms. The van der Waals surface area contributed by atoms with Crippen molar-refractivity contribution in [2.24, 2.45) is 11.8 Å². The molecule has 2 atom stereocenters. The molecule has 2 heteroatoms. The summed E-state index contributed by atoms with van der Waals surface area (Å²) in [7, 11) is 0. The van der Waals surface area contributed by atoms with Gasteiger partial charge in [-0.1, -0.05) is 39.5 Å². The summed E-state index contributed by atoms with van der Waals surface area (Å²) in [6.45, 7) is 11.9. The molecule has 1 nitrogen and oxygen atoms in total. The molecular formula is C12H25NY-2. The molecule has 0 amide bonds. The number of hydrogen-bond acceptors (Lipinski definition) is 0. The Kier molecular flexibility index (Phi) is 13.2. The third kappa shape index (κ3) is 8.38. The van der Waals surface area contributed by atoms with E-state index < -0.39 is 0 Å². The van der Waals surface area contributed by atoms with Crippen LogP contribution in [0.1, 0.15) is 47.5 Å².